The summed E-state index contributed by atoms with van der Waals surface area (Å²) in [6, 6.07) is 0. The highest BCUT2D eigenvalue weighted by molar-refractivity contribution is 5.69. The average Bonchev–Trinajstić information content (AvgIpc) is 2.41. The maximum absolute atomic E-state index is 11.3. The molecule has 2 nitrogen and oxygen atoms in total. The van der Waals surface area contributed by atoms with E-state index >= 15 is 0 Å². The fraction of sp³-hybridized carbons (Fsp3) is 0.824. The maximum Gasteiger partial charge on any atom is 0.305 e. The van der Waals surface area contributed by atoms with Crippen LogP contribution in [0.1, 0.15) is 84.5 Å². The van der Waals surface area contributed by atoms with Gasteiger partial charge in [-0.25, -0.2) is 0 Å². The van der Waals surface area contributed by atoms with Gasteiger partial charge in [0.2, 0.25) is 0 Å². The molecule has 0 amide bonds. The van der Waals surface area contributed by atoms with Crippen LogP contribution in [0, 0.1) is 0 Å². The Balaban J connectivity index is 3.22. The molecule has 0 aromatic heterocycles. The Kier molecular flexibility index (Phi) is 14.6. The van der Waals surface area contributed by atoms with Gasteiger partial charge in [0.1, 0.15) is 0 Å². The fourth-order valence-corrected chi connectivity index (χ4v) is 1.87. The summed E-state index contributed by atoms with van der Waals surface area (Å²) in [5, 5.41) is 0. The Labute approximate surface area is 119 Å². The summed E-state index contributed by atoms with van der Waals surface area (Å²) in [4.78, 5) is 11.3. The molecule has 0 aliphatic heterocycles. The number of carbonyl (C=O) groups is 1. The minimum atomic E-state index is -0.0404. The van der Waals surface area contributed by atoms with E-state index in [1.165, 1.54) is 38.5 Å². The molecule has 0 aliphatic carbocycles. The molecule has 0 aromatic rings. The average molecular weight is 268 g/mol. The van der Waals surface area contributed by atoms with Crippen LogP contribution in [0.15, 0.2) is 12.2 Å². The van der Waals surface area contributed by atoms with Crippen molar-refractivity contribution in [2.75, 3.05) is 6.61 Å². The van der Waals surface area contributed by atoms with Gasteiger partial charge in [-0.05, 0) is 32.1 Å². The lowest BCUT2D eigenvalue weighted by Gasteiger charge is -2.02. The summed E-state index contributed by atoms with van der Waals surface area (Å²) in [5.41, 5.74) is 0. The summed E-state index contributed by atoms with van der Waals surface area (Å²) in [7, 11) is 0. The van der Waals surface area contributed by atoms with Crippen molar-refractivity contribution >= 4 is 5.97 Å². The molecule has 0 unspecified atom stereocenters. The maximum atomic E-state index is 11.3. The van der Waals surface area contributed by atoms with Crippen molar-refractivity contribution in [2.45, 2.75) is 84.5 Å². The number of hydrogen-bond acceptors (Lipinski definition) is 2. The molecule has 0 atom stereocenters. The molecule has 0 aromatic carbocycles. The lowest BCUT2D eigenvalue weighted by Crippen LogP contribution is -2.04. The SMILES string of the molecule is CCCCCCCC=CCCCC(=O)OCCCC. The molecule has 0 saturated heterocycles. The third kappa shape index (κ3) is 15.2. The summed E-state index contributed by atoms with van der Waals surface area (Å²) >= 11 is 0. The zero-order valence-corrected chi connectivity index (χ0v) is 13.0. The highest BCUT2D eigenvalue weighted by atomic mass is 16.5. The normalized spacial score (nSPS) is 11.1. The van der Waals surface area contributed by atoms with Crippen LogP contribution in [0.5, 0.6) is 0 Å². The van der Waals surface area contributed by atoms with Crippen LogP contribution < -0.4 is 0 Å². The predicted octanol–water partition coefficient (Wildman–Crippen LogP) is 5.42. The first-order chi connectivity index (χ1) is 9.31. The fourth-order valence-electron chi connectivity index (χ4n) is 1.87. The molecule has 0 heterocycles. The quantitative estimate of drug-likeness (QED) is 0.253. The van der Waals surface area contributed by atoms with Gasteiger partial charge in [-0.1, -0.05) is 58.1 Å². The molecule has 0 aliphatic rings. The number of esters is 1. The molecule has 112 valence electrons. The van der Waals surface area contributed by atoms with Gasteiger partial charge in [0.15, 0.2) is 0 Å². The third-order valence-corrected chi connectivity index (χ3v) is 3.15. The van der Waals surface area contributed by atoms with Crippen LogP contribution in [-0.2, 0) is 9.53 Å². The molecule has 0 rings (SSSR count). The Morgan fingerprint density at radius 2 is 1.47 bits per heavy atom. The number of allylic oxidation sites excluding steroid dienone is 2. The van der Waals surface area contributed by atoms with Crippen LogP contribution in [0.25, 0.3) is 0 Å². The van der Waals surface area contributed by atoms with E-state index in [-0.39, 0.29) is 5.97 Å². The standard InChI is InChI=1S/C17H32O2/c1-3-5-7-8-9-10-11-12-13-14-15-17(18)19-16-6-4-2/h11-12H,3-10,13-16H2,1-2H3. The van der Waals surface area contributed by atoms with Gasteiger partial charge in [-0.3, -0.25) is 4.79 Å². The van der Waals surface area contributed by atoms with Crippen molar-refractivity contribution in [3.63, 3.8) is 0 Å². The molecule has 0 fully saturated rings. The minimum absolute atomic E-state index is 0.0404. The van der Waals surface area contributed by atoms with Gasteiger partial charge >= 0.3 is 5.97 Å². The van der Waals surface area contributed by atoms with Crippen LogP contribution in [-0.4, -0.2) is 12.6 Å². The van der Waals surface area contributed by atoms with Gasteiger partial charge in [0.05, 0.1) is 6.61 Å². The van der Waals surface area contributed by atoms with E-state index in [0.29, 0.717) is 13.0 Å². The van der Waals surface area contributed by atoms with Gasteiger partial charge in [-0.2, -0.15) is 0 Å². The molecule has 19 heavy (non-hydrogen) atoms. The second-order valence-corrected chi connectivity index (χ2v) is 5.14. The number of ether oxygens (including phenoxy) is 1. The van der Waals surface area contributed by atoms with E-state index in [2.05, 4.69) is 26.0 Å². The van der Waals surface area contributed by atoms with Gasteiger partial charge in [0.25, 0.3) is 0 Å². The van der Waals surface area contributed by atoms with E-state index in [1.807, 2.05) is 0 Å². The molecule has 0 N–H and O–H groups in total. The summed E-state index contributed by atoms with van der Waals surface area (Å²) in [5.74, 6) is -0.0404. The molecule has 0 radical (unpaired) electrons. The highest BCUT2D eigenvalue weighted by Crippen LogP contribution is 2.06. The van der Waals surface area contributed by atoms with E-state index in [9.17, 15) is 4.79 Å². The second-order valence-electron chi connectivity index (χ2n) is 5.14. The van der Waals surface area contributed by atoms with Crippen molar-refractivity contribution < 1.29 is 9.53 Å². The van der Waals surface area contributed by atoms with E-state index in [1.54, 1.807) is 0 Å². The van der Waals surface area contributed by atoms with Crippen LogP contribution >= 0.6 is 0 Å². The Hall–Kier alpha value is -0.790. The summed E-state index contributed by atoms with van der Waals surface area (Å²) < 4.78 is 5.10. The van der Waals surface area contributed by atoms with Crippen LogP contribution in [0.2, 0.25) is 0 Å². The summed E-state index contributed by atoms with van der Waals surface area (Å²) in [6.45, 7) is 4.93. The van der Waals surface area contributed by atoms with Crippen molar-refractivity contribution in [3.05, 3.63) is 12.2 Å². The van der Waals surface area contributed by atoms with Gasteiger partial charge < -0.3 is 4.74 Å². The zero-order valence-electron chi connectivity index (χ0n) is 13.0. The van der Waals surface area contributed by atoms with E-state index < -0.39 is 0 Å². The predicted molar refractivity (Wildman–Crippen MR) is 82.2 cm³/mol. The lowest BCUT2D eigenvalue weighted by atomic mass is 10.1. The number of carbonyl (C=O) groups excluding carboxylic acids is 1. The first-order valence-electron chi connectivity index (χ1n) is 8.11. The number of hydrogen-bond donors (Lipinski definition) is 0. The lowest BCUT2D eigenvalue weighted by molar-refractivity contribution is -0.143. The van der Waals surface area contributed by atoms with Crippen molar-refractivity contribution in [2.24, 2.45) is 0 Å². The van der Waals surface area contributed by atoms with E-state index in [0.717, 1.165) is 25.7 Å². The molecule has 2 heteroatoms. The topological polar surface area (TPSA) is 26.3 Å². The zero-order chi connectivity index (χ0) is 14.2. The molecule has 0 spiro atoms. The van der Waals surface area contributed by atoms with Gasteiger partial charge in [0, 0.05) is 6.42 Å². The van der Waals surface area contributed by atoms with Crippen molar-refractivity contribution in [1.82, 2.24) is 0 Å². The Morgan fingerprint density at radius 1 is 0.842 bits per heavy atom. The third-order valence-electron chi connectivity index (χ3n) is 3.15. The molecular formula is C17H32O2. The smallest absolute Gasteiger partial charge is 0.305 e. The molecule has 0 bridgehead atoms. The van der Waals surface area contributed by atoms with E-state index in [4.69, 9.17) is 4.74 Å². The van der Waals surface area contributed by atoms with Gasteiger partial charge in [-0.15, -0.1) is 0 Å². The van der Waals surface area contributed by atoms with Crippen molar-refractivity contribution in [1.29, 1.82) is 0 Å². The number of unbranched alkanes of at least 4 members (excludes halogenated alkanes) is 7. The summed E-state index contributed by atoms with van der Waals surface area (Å²) in [6.07, 6.45) is 16.9. The Morgan fingerprint density at radius 3 is 2.16 bits per heavy atom. The monoisotopic (exact) mass is 268 g/mol. The molecular weight excluding hydrogens is 236 g/mol. The molecule has 0 saturated carbocycles. The Bertz CT molecular complexity index is 221. The minimum Gasteiger partial charge on any atom is -0.466 e. The number of rotatable bonds is 13. The highest BCUT2D eigenvalue weighted by Gasteiger charge is 2.00. The first kappa shape index (κ1) is 18.2. The van der Waals surface area contributed by atoms with Crippen LogP contribution in [0.3, 0.4) is 0 Å². The van der Waals surface area contributed by atoms with Crippen LogP contribution in [0.4, 0.5) is 0 Å². The second kappa shape index (κ2) is 15.3. The first-order valence-corrected chi connectivity index (χ1v) is 8.11. The van der Waals surface area contributed by atoms with Crippen molar-refractivity contribution in [3.8, 4) is 0 Å². The largest absolute Gasteiger partial charge is 0.466 e.